The zero-order chi connectivity index (χ0) is 14.6. The zero-order valence-electron chi connectivity index (χ0n) is 11.3. The Morgan fingerprint density at radius 2 is 2.11 bits per heavy atom. The van der Waals surface area contributed by atoms with Crippen LogP contribution in [0, 0.1) is 5.92 Å². The number of carboxylic acid groups (broad SMARTS) is 1. The summed E-state index contributed by atoms with van der Waals surface area (Å²) in [5.74, 6) is -2.73. The summed E-state index contributed by atoms with van der Waals surface area (Å²) in [6.07, 6.45) is 1.55. The average molecular weight is 267 g/mol. The van der Waals surface area contributed by atoms with Gasteiger partial charge in [-0.3, -0.25) is 9.59 Å². The van der Waals surface area contributed by atoms with E-state index in [1.807, 2.05) is 0 Å². The second-order valence-electron chi connectivity index (χ2n) is 4.16. The molecule has 1 atom stereocenters. The highest BCUT2D eigenvalue weighted by Crippen LogP contribution is 2.32. The van der Waals surface area contributed by atoms with E-state index in [0.29, 0.717) is 11.4 Å². The van der Waals surface area contributed by atoms with Gasteiger partial charge in [-0.2, -0.15) is 0 Å². The fraction of sp³-hybridized carbons (Fsp3) is 0.417. The van der Waals surface area contributed by atoms with Crippen LogP contribution in [0.1, 0.15) is 6.92 Å². The van der Waals surface area contributed by atoms with Crippen molar-refractivity contribution in [3.8, 4) is 5.88 Å². The standard InChI is InChI=1S/C12H17N3O4/c1-7(12(17)18)10(16)14-9-8(15(2)3)5-6-13-11(9)19-4/h5-7H,1-4H3,(H,14,16)(H,17,18). The summed E-state index contributed by atoms with van der Waals surface area (Å²) in [5, 5.41) is 11.4. The summed E-state index contributed by atoms with van der Waals surface area (Å²) >= 11 is 0. The maximum Gasteiger partial charge on any atom is 0.315 e. The van der Waals surface area contributed by atoms with Gasteiger partial charge in [0.1, 0.15) is 11.6 Å². The van der Waals surface area contributed by atoms with Gasteiger partial charge in [-0.15, -0.1) is 0 Å². The second kappa shape index (κ2) is 6.03. The van der Waals surface area contributed by atoms with Crippen LogP contribution >= 0.6 is 0 Å². The molecule has 7 nitrogen and oxygen atoms in total. The molecular weight excluding hydrogens is 250 g/mol. The quantitative estimate of drug-likeness (QED) is 0.767. The summed E-state index contributed by atoms with van der Waals surface area (Å²) in [6, 6.07) is 1.70. The van der Waals surface area contributed by atoms with Gasteiger partial charge < -0.3 is 20.1 Å². The number of hydrogen-bond donors (Lipinski definition) is 2. The minimum Gasteiger partial charge on any atom is -0.481 e. The van der Waals surface area contributed by atoms with E-state index in [9.17, 15) is 9.59 Å². The van der Waals surface area contributed by atoms with Crippen molar-refractivity contribution in [1.29, 1.82) is 0 Å². The molecule has 0 aromatic carbocycles. The molecule has 0 saturated carbocycles. The molecule has 1 heterocycles. The van der Waals surface area contributed by atoms with Crippen molar-refractivity contribution in [3.63, 3.8) is 0 Å². The molecule has 0 fully saturated rings. The van der Waals surface area contributed by atoms with E-state index in [2.05, 4.69) is 10.3 Å². The van der Waals surface area contributed by atoms with Crippen LogP contribution in [0.2, 0.25) is 0 Å². The summed E-state index contributed by atoms with van der Waals surface area (Å²) < 4.78 is 5.08. The fourth-order valence-corrected chi connectivity index (χ4v) is 1.42. The number of ether oxygens (including phenoxy) is 1. The molecule has 0 aliphatic carbocycles. The van der Waals surface area contributed by atoms with Gasteiger partial charge in [0.15, 0.2) is 0 Å². The van der Waals surface area contributed by atoms with Crippen molar-refractivity contribution < 1.29 is 19.4 Å². The van der Waals surface area contributed by atoms with E-state index < -0.39 is 17.8 Å². The molecule has 0 bridgehead atoms. The number of pyridine rings is 1. The molecule has 1 amide bonds. The lowest BCUT2D eigenvalue weighted by Crippen LogP contribution is -2.28. The molecule has 1 unspecified atom stereocenters. The Labute approximate surface area is 111 Å². The minimum absolute atomic E-state index is 0.233. The number of amides is 1. The summed E-state index contributed by atoms with van der Waals surface area (Å²) in [6.45, 7) is 1.32. The van der Waals surface area contributed by atoms with E-state index in [0.717, 1.165) is 0 Å². The highest BCUT2D eigenvalue weighted by atomic mass is 16.5. The van der Waals surface area contributed by atoms with Crippen molar-refractivity contribution in [2.75, 3.05) is 31.4 Å². The Morgan fingerprint density at radius 1 is 1.47 bits per heavy atom. The highest BCUT2D eigenvalue weighted by molar-refractivity contribution is 6.05. The topological polar surface area (TPSA) is 91.8 Å². The smallest absolute Gasteiger partial charge is 0.315 e. The van der Waals surface area contributed by atoms with Gasteiger partial charge >= 0.3 is 5.97 Å². The number of aliphatic carboxylic acids is 1. The molecule has 0 saturated heterocycles. The average Bonchev–Trinajstić information content (AvgIpc) is 2.37. The third-order valence-electron chi connectivity index (χ3n) is 2.58. The predicted molar refractivity (Wildman–Crippen MR) is 70.5 cm³/mol. The number of nitrogens with one attached hydrogen (secondary N) is 1. The van der Waals surface area contributed by atoms with Gasteiger partial charge in [0, 0.05) is 20.3 Å². The number of hydrogen-bond acceptors (Lipinski definition) is 5. The van der Waals surface area contributed by atoms with Gasteiger partial charge in [-0.05, 0) is 13.0 Å². The van der Waals surface area contributed by atoms with E-state index in [4.69, 9.17) is 9.84 Å². The maximum atomic E-state index is 11.8. The molecule has 19 heavy (non-hydrogen) atoms. The van der Waals surface area contributed by atoms with Gasteiger partial charge in [0.25, 0.3) is 0 Å². The monoisotopic (exact) mass is 267 g/mol. The van der Waals surface area contributed by atoms with Crippen molar-refractivity contribution >= 4 is 23.3 Å². The SMILES string of the molecule is COc1nccc(N(C)C)c1NC(=O)C(C)C(=O)O. The van der Waals surface area contributed by atoms with Crippen LogP contribution in [-0.4, -0.2) is 43.2 Å². The number of carboxylic acids is 1. The van der Waals surface area contributed by atoms with Crippen LogP contribution in [0.4, 0.5) is 11.4 Å². The van der Waals surface area contributed by atoms with Gasteiger partial charge in [-0.1, -0.05) is 0 Å². The Bertz CT molecular complexity index is 488. The number of carbonyl (C=O) groups is 2. The molecular formula is C12H17N3O4. The number of carbonyl (C=O) groups excluding carboxylic acids is 1. The van der Waals surface area contributed by atoms with Crippen molar-refractivity contribution in [3.05, 3.63) is 12.3 Å². The molecule has 0 radical (unpaired) electrons. The summed E-state index contributed by atoms with van der Waals surface area (Å²) in [4.78, 5) is 28.3. The summed E-state index contributed by atoms with van der Waals surface area (Å²) in [5.41, 5.74) is 1.03. The largest absolute Gasteiger partial charge is 0.481 e. The van der Waals surface area contributed by atoms with Crippen molar-refractivity contribution in [2.24, 2.45) is 5.92 Å². The van der Waals surface area contributed by atoms with Crippen LogP contribution in [0.3, 0.4) is 0 Å². The van der Waals surface area contributed by atoms with Crippen LogP contribution in [-0.2, 0) is 9.59 Å². The molecule has 1 rings (SSSR count). The molecule has 1 aromatic heterocycles. The number of rotatable bonds is 5. The van der Waals surface area contributed by atoms with E-state index >= 15 is 0 Å². The molecule has 7 heteroatoms. The van der Waals surface area contributed by atoms with E-state index in [1.165, 1.54) is 14.0 Å². The Morgan fingerprint density at radius 3 is 2.58 bits per heavy atom. The lowest BCUT2D eigenvalue weighted by atomic mass is 10.1. The van der Waals surface area contributed by atoms with E-state index in [-0.39, 0.29) is 5.88 Å². The van der Waals surface area contributed by atoms with Crippen LogP contribution in [0.25, 0.3) is 0 Å². The van der Waals surface area contributed by atoms with Crippen molar-refractivity contribution in [2.45, 2.75) is 6.92 Å². The normalized spacial score (nSPS) is 11.6. The Hall–Kier alpha value is -2.31. The van der Waals surface area contributed by atoms with Gasteiger partial charge in [0.05, 0.1) is 12.8 Å². The number of aromatic nitrogens is 1. The highest BCUT2D eigenvalue weighted by Gasteiger charge is 2.23. The predicted octanol–water partition coefficient (Wildman–Crippen LogP) is 0.815. The lowest BCUT2D eigenvalue weighted by Gasteiger charge is -2.20. The molecule has 0 aliphatic heterocycles. The first-order chi connectivity index (χ1) is 8.88. The minimum atomic E-state index is -1.19. The number of nitrogens with zero attached hydrogens (tertiary/aromatic N) is 2. The molecule has 2 N–H and O–H groups in total. The number of methoxy groups -OCH3 is 1. The van der Waals surface area contributed by atoms with Crippen LogP contribution in [0.5, 0.6) is 5.88 Å². The van der Waals surface area contributed by atoms with Crippen molar-refractivity contribution in [1.82, 2.24) is 4.98 Å². The summed E-state index contributed by atoms with van der Waals surface area (Å²) in [7, 11) is 5.02. The Kier molecular flexibility index (Phi) is 4.68. The van der Waals surface area contributed by atoms with Crippen LogP contribution < -0.4 is 15.0 Å². The molecule has 0 spiro atoms. The first-order valence-corrected chi connectivity index (χ1v) is 5.62. The zero-order valence-corrected chi connectivity index (χ0v) is 11.3. The van der Waals surface area contributed by atoms with Gasteiger partial charge in [0.2, 0.25) is 11.8 Å². The third-order valence-corrected chi connectivity index (χ3v) is 2.58. The van der Waals surface area contributed by atoms with Crippen LogP contribution in [0.15, 0.2) is 12.3 Å². The third kappa shape index (κ3) is 3.34. The van der Waals surface area contributed by atoms with Gasteiger partial charge in [-0.25, -0.2) is 4.98 Å². The first kappa shape index (κ1) is 14.7. The van der Waals surface area contributed by atoms with E-state index in [1.54, 1.807) is 31.3 Å². The first-order valence-electron chi connectivity index (χ1n) is 5.62. The molecule has 1 aromatic rings. The lowest BCUT2D eigenvalue weighted by molar-refractivity contribution is -0.144. The molecule has 104 valence electrons. The fourth-order valence-electron chi connectivity index (χ4n) is 1.42. The number of anilines is 2. The second-order valence-corrected chi connectivity index (χ2v) is 4.16. The molecule has 0 aliphatic rings. The Balaban J connectivity index is 3.11. The maximum absolute atomic E-state index is 11.8.